The van der Waals surface area contributed by atoms with E-state index in [9.17, 15) is 27.1 Å². The van der Waals surface area contributed by atoms with Gasteiger partial charge in [-0.05, 0) is 23.9 Å². The number of nitriles is 1. The molecule has 136 valence electrons. The molecule has 2 unspecified atom stereocenters. The molecule has 1 aromatic rings. The van der Waals surface area contributed by atoms with Crippen molar-refractivity contribution in [3.05, 3.63) is 51.5 Å². The molecule has 2 atom stereocenters. The first kappa shape index (κ1) is 18.4. The van der Waals surface area contributed by atoms with Gasteiger partial charge in [-0.25, -0.2) is 8.78 Å². The maximum Gasteiger partial charge on any atom is 0.446 e. The Balaban J connectivity index is 2.00. The number of benzene rings is 1. The molecule has 3 rings (SSSR count). The van der Waals surface area contributed by atoms with Crippen molar-refractivity contribution in [2.75, 3.05) is 0 Å². The molecular weight excluding hydrogens is 379 g/mol. The number of allylic oxidation sites excluding steroid dienone is 2. The second-order valence-corrected chi connectivity index (χ2v) is 6.48. The van der Waals surface area contributed by atoms with Gasteiger partial charge in [-0.2, -0.15) is 18.4 Å². The Hall–Kier alpha value is -2.38. The topological polar surface area (TPSA) is 65.6 Å². The van der Waals surface area contributed by atoms with Crippen molar-refractivity contribution in [3.8, 4) is 11.8 Å². The molecule has 0 fully saturated rings. The van der Waals surface area contributed by atoms with Crippen LogP contribution in [0.2, 0.25) is 0 Å². The molecule has 0 aromatic heterocycles. The van der Waals surface area contributed by atoms with Gasteiger partial charge in [0, 0.05) is 29.2 Å². The number of hydrogen-bond donors (Lipinski definition) is 1. The number of thioether (sulfide) groups is 1. The predicted molar refractivity (Wildman–Crippen MR) is 83.5 cm³/mol. The minimum absolute atomic E-state index is 0.000476. The van der Waals surface area contributed by atoms with Crippen LogP contribution in [0.4, 0.5) is 22.0 Å². The minimum Gasteiger partial charge on any atom is -0.459 e. The third-order valence-electron chi connectivity index (χ3n) is 3.64. The van der Waals surface area contributed by atoms with Crippen LogP contribution in [0.3, 0.4) is 0 Å². The van der Waals surface area contributed by atoms with Crippen molar-refractivity contribution < 1.29 is 31.8 Å². The first-order chi connectivity index (χ1) is 12.2. The van der Waals surface area contributed by atoms with Crippen molar-refractivity contribution in [2.45, 2.75) is 24.2 Å². The molecule has 4 nitrogen and oxygen atoms in total. The van der Waals surface area contributed by atoms with Crippen molar-refractivity contribution in [2.24, 2.45) is 4.99 Å². The lowest BCUT2D eigenvalue weighted by Gasteiger charge is -2.27. The van der Waals surface area contributed by atoms with Gasteiger partial charge in [0.1, 0.15) is 41.4 Å². The van der Waals surface area contributed by atoms with E-state index in [1.165, 1.54) is 6.07 Å². The fourth-order valence-electron chi connectivity index (χ4n) is 2.55. The molecular formula is C16H9F5N2O2S. The number of aliphatic hydroxyl groups excluding tert-OH is 1. The highest BCUT2D eigenvalue weighted by molar-refractivity contribution is 8.04. The molecule has 10 heteroatoms. The molecule has 0 radical (unpaired) electrons. The monoisotopic (exact) mass is 388 g/mol. The van der Waals surface area contributed by atoms with Crippen LogP contribution < -0.4 is 4.74 Å². The average molecular weight is 388 g/mol. The van der Waals surface area contributed by atoms with Crippen molar-refractivity contribution in [3.63, 3.8) is 0 Å². The summed E-state index contributed by atoms with van der Waals surface area (Å²) in [7, 11) is 0. The maximum absolute atomic E-state index is 14.1. The molecule has 1 heterocycles. The van der Waals surface area contributed by atoms with Gasteiger partial charge >= 0.3 is 5.51 Å². The summed E-state index contributed by atoms with van der Waals surface area (Å²) in [6.07, 6.45) is -3.21. The first-order valence-corrected chi connectivity index (χ1v) is 7.98. The Kier molecular flexibility index (Phi) is 4.77. The third kappa shape index (κ3) is 3.59. The van der Waals surface area contributed by atoms with Gasteiger partial charge in [0.15, 0.2) is 0 Å². The smallest absolute Gasteiger partial charge is 0.446 e. The van der Waals surface area contributed by atoms with E-state index in [4.69, 9.17) is 10.00 Å². The largest absolute Gasteiger partial charge is 0.459 e. The van der Waals surface area contributed by atoms with E-state index < -0.39 is 46.7 Å². The average Bonchev–Trinajstić information content (AvgIpc) is 2.96. The van der Waals surface area contributed by atoms with E-state index in [1.54, 1.807) is 6.07 Å². The van der Waals surface area contributed by atoms with Gasteiger partial charge in [-0.3, -0.25) is 4.99 Å². The zero-order valence-corrected chi connectivity index (χ0v) is 13.5. The van der Waals surface area contributed by atoms with Gasteiger partial charge in [0.2, 0.25) is 0 Å². The van der Waals surface area contributed by atoms with Crippen LogP contribution in [-0.2, 0) is 0 Å². The Labute approximate surface area is 148 Å². The quantitative estimate of drug-likeness (QED) is 0.796. The van der Waals surface area contributed by atoms with Crippen LogP contribution in [0, 0.1) is 17.1 Å². The van der Waals surface area contributed by atoms with Gasteiger partial charge in [-0.1, -0.05) is 0 Å². The van der Waals surface area contributed by atoms with Gasteiger partial charge in [0.25, 0.3) is 0 Å². The molecule has 0 bridgehead atoms. The lowest BCUT2D eigenvalue weighted by molar-refractivity contribution is -0.0321. The van der Waals surface area contributed by atoms with Crippen LogP contribution in [0.25, 0.3) is 0 Å². The standard InChI is InChI=1S/C16H9F5N2O2S/c17-9-2-1-8(3-7(9)5-22)25-11-4-10(18)15(24)13-12(6-23-14(11)13)26-16(19,20)21/h1-3,6,10,15,24H,4H2. The summed E-state index contributed by atoms with van der Waals surface area (Å²) >= 11 is -0.507. The summed E-state index contributed by atoms with van der Waals surface area (Å²) in [6.45, 7) is 0. The molecule has 0 amide bonds. The summed E-state index contributed by atoms with van der Waals surface area (Å²) in [5.74, 6) is -0.883. The number of fused-ring (bicyclic) bond motifs is 1. The number of aliphatic imine (C=N–C) groups is 1. The molecule has 0 spiro atoms. The SMILES string of the molecule is N#Cc1cc(OC2=C3N=CC(SC(F)(F)F)=C3C(O)C(F)C2)ccc1F. The number of nitrogens with zero attached hydrogens (tertiary/aromatic N) is 2. The van der Waals surface area contributed by atoms with Crippen LogP contribution in [0.15, 0.2) is 45.1 Å². The summed E-state index contributed by atoms with van der Waals surface area (Å²) in [4.78, 5) is 3.40. The fraction of sp³-hybridized carbons (Fsp3) is 0.250. The first-order valence-electron chi connectivity index (χ1n) is 7.16. The highest BCUT2D eigenvalue weighted by atomic mass is 32.2. The third-order valence-corrected chi connectivity index (χ3v) is 4.42. The molecule has 1 aliphatic carbocycles. The number of hydrogen-bond acceptors (Lipinski definition) is 5. The van der Waals surface area contributed by atoms with Gasteiger partial charge < -0.3 is 9.84 Å². The molecule has 0 saturated heterocycles. The van der Waals surface area contributed by atoms with Crippen molar-refractivity contribution in [1.82, 2.24) is 0 Å². The minimum atomic E-state index is -4.63. The maximum atomic E-state index is 14.1. The number of halogens is 5. The van der Waals surface area contributed by atoms with Crippen LogP contribution >= 0.6 is 11.8 Å². The Morgan fingerprint density at radius 2 is 2.08 bits per heavy atom. The molecule has 1 aromatic carbocycles. The van der Waals surface area contributed by atoms with Gasteiger partial charge in [0.05, 0.1) is 5.56 Å². The van der Waals surface area contributed by atoms with Crippen LogP contribution in [-0.4, -0.2) is 29.1 Å². The Morgan fingerprint density at radius 3 is 2.73 bits per heavy atom. The summed E-state index contributed by atoms with van der Waals surface area (Å²) in [6, 6.07) is 4.86. The van der Waals surface area contributed by atoms with E-state index in [0.29, 0.717) is 0 Å². The Bertz CT molecular complexity index is 886. The second kappa shape index (κ2) is 6.74. The summed E-state index contributed by atoms with van der Waals surface area (Å²) in [5, 5.41) is 18.8. The van der Waals surface area contributed by atoms with E-state index in [2.05, 4.69) is 4.99 Å². The summed E-state index contributed by atoms with van der Waals surface area (Å²) in [5.41, 5.74) is -5.34. The van der Waals surface area contributed by atoms with Crippen molar-refractivity contribution >= 4 is 18.0 Å². The summed E-state index contributed by atoms with van der Waals surface area (Å²) < 4.78 is 70.8. The zero-order valence-electron chi connectivity index (χ0n) is 12.7. The van der Waals surface area contributed by atoms with Crippen LogP contribution in [0.5, 0.6) is 5.75 Å². The zero-order chi connectivity index (χ0) is 19.1. The lowest BCUT2D eigenvalue weighted by Crippen LogP contribution is -2.31. The van der Waals surface area contributed by atoms with E-state index in [0.717, 1.165) is 18.3 Å². The van der Waals surface area contributed by atoms with E-state index in [1.807, 2.05) is 0 Å². The lowest BCUT2D eigenvalue weighted by atomic mass is 9.93. The number of rotatable bonds is 3. The predicted octanol–water partition coefficient (Wildman–Crippen LogP) is 3.98. The fourth-order valence-corrected chi connectivity index (χ4v) is 3.23. The molecule has 0 saturated carbocycles. The molecule has 1 N–H and O–H groups in total. The molecule has 2 aliphatic rings. The second-order valence-electron chi connectivity index (χ2n) is 5.38. The van der Waals surface area contributed by atoms with Gasteiger partial charge in [-0.15, -0.1) is 0 Å². The van der Waals surface area contributed by atoms with E-state index in [-0.39, 0.29) is 28.3 Å². The van der Waals surface area contributed by atoms with Crippen molar-refractivity contribution in [1.29, 1.82) is 5.26 Å². The number of aliphatic hydroxyl groups is 1. The van der Waals surface area contributed by atoms with Crippen LogP contribution in [0.1, 0.15) is 12.0 Å². The van der Waals surface area contributed by atoms with E-state index >= 15 is 0 Å². The Morgan fingerprint density at radius 1 is 1.35 bits per heavy atom. The normalized spacial score (nSPS) is 22.5. The molecule has 1 aliphatic heterocycles. The highest BCUT2D eigenvalue weighted by Gasteiger charge is 2.41. The number of ether oxygens (including phenoxy) is 1. The number of alkyl halides is 4. The molecule has 26 heavy (non-hydrogen) atoms. The highest BCUT2D eigenvalue weighted by Crippen LogP contribution is 2.45.